The standard InChI is InChI=1S/C29H26N2O2S/c1-20(2)24-16-9-17-25-27(24)30-29(34-25)31(19-23-15-10-18-33-23)28(32)26(21-11-5-3-6-12-21)22-13-7-4-8-14-22/h3-18,20,26H,19H2,1-2H3. The van der Waals surface area contributed by atoms with Crippen molar-refractivity contribution in [2.45, 2.75) is 32.2 Å². The van der Waals surface area contributed by atoms with Crippen molar-refractivity contribution < 1.29 is 9.21 Å². The Labute approximate surface area is 203 Å². The highest BCUT2D eigenvalue weighted by atomic mass is 32.1. The SMILES string of the molecule is CC(C)c1cccc2sc(N(Cc3ccco3)C(=O)C(c3ccccc3)c3ccccc3)nc12. The number of hydrogen-bond donors (Lipinski definition) is 0. The normalized spacial score (nSPS) is 11.4. The Balaban J connectivity index is 1.64. The van der Waals surface area contributed by atoms with Crippen molar-refractivity contribution in [1.29, 1.82) is 0 Å². The second kappa shape index (κ2) is 9.65. The van der Waals surface area contributed by atoms with Gasteiger partial charge in [0.25, 0.3) is 0 Å². The Hall–Kier alpha value is -3.70. The summed E-state index contributed by atoms with van der Waals surface area (Å²) in [5.41, 5.74) is 4.05. The molecule has 0 unspecified atom stereocenters. The highest BCUT2D eigenvalue weighted by molar-refractivity contribution is 7.22. The van der Waals surface area contributed by atoms with Crippen LogP contribution in [0.15, 0.2) is 102 Å². The smallest absolute Gasteiger partial charge is 0.241 e. The lowest BCUT2D eigenvalue weighted by atomic mass is 9.90. The quantitative estimate of drug-likeness (QED) is 0.251. The first-order chi connectivity index (χ1) is 16.6. The van der Waals surface area contributed by atoms with E-state index in [4.69, 9.17) is 9.40 Å². The van der Waals surface area contributed by atoms with Crippen molar-refractivity contribution in [3.05, 3.63) is 120 Å². The summed E-state index contributed by atoms with van der Waals surface area (Å²) in [5.74, 6) is 0.582. The molecule has 0 aliphatic heterocycles. The van der Waals surface area contributed by atoms with E-state index in [0.29, 0.717) is 17.6 Å². The molecule has 0 bridgehead atoms. The van der Waals surface area contributed by atoms with Crippen LogP contribution in [0.25, 0.3) is 10.2 Å². The van der Waals surface area contributed by atoms with Crippen LogP contribution in [-0.4, -0.2) is 10.9 Å². The zero-order valence-corrected chi connectivity index (χ0v) is 20.0. The van der Waals surface area contributed by atoms with Gasteiger partial charge in [0, 0.05) is 0 Å². The van der Waals surface area contributed by atoms with E-state index < -0.39 is 5.92 Å². The molecule has 5 aromatic rings. The summed E-state index contributed by atoms with van der Waals surface area (Å²) in [7, 11) is 0. The monoisotopic (exact) mass is 466 g/mol. The second-order valence-corrected chi connectivity index (χ2v) is 9.61. The summed E-state index contributed by atoms with van der Waals surface area (Å²) >= 11 is 1.55. The minimum Gasteiger partial charge on any atom is -0.467 e. The van der Waals surface area contributed by atoms with Crippen LogP contribution in [0.4, 0.5) is 5.13 Å². The van der Waals surface area contributed by atoms with Gasteiger partial charge in [-0.15, -0.1) is 0 Å². The third-order valence-electron chi connectivity index (χ3n) is 5.96. The first-order valence-electron chi connectivity index (χ1n) is 11.4. The third-order valence-corrected chi connectivity index (χ3v) is 7.01. The summed E-state index contributed by atoms with van der Waals surface area (Å²) in [6, 6.07) is 29.9. The van der Waals surface area contributed by atoms with Gasteiger partial charge < -0.3 is 4.42 Å². The number of rotatable bonds is 7. The summed E-state index contributed by atoms with van der Waals surface area (Å²) < 4.78 is 6.72. The Morgan fingerprint density at radius 2 is 1.56 bits per heavy atom. The topological polar surface area (TPSA) is 46.3 Å². The van der Waals surface area contributed by atoms with Gasteiger partial charge in [0.05, 0.1) is 28.9 Å². The van der Waals surface area contributed by atoms with Crippen molar-refractivity contribution >= 4 is 32.6 Å². The number of anilines is 1. The van der Waals surface area contributed by atoms with E-state index in [9.17, 15) is 4.79 Å². The van der Waals surface area contributed by atoms with Crippen LogP contribution in [-0.2, 0) is 11.3 Å². The molecular formula is C29H26N2O2S. The number of aromatic nitrogens is 1. The maximum absolute atomic E-state index is 14.3. The fraction of sp³-hybridized carbons (Fsp3) is 0.172. The number of amides is 1. The number of carbonyl (C=O) groups is 1. The largest absolute Gasteiger partial charge is 0.467 e. The maximum atomic E-state index is 14.3. The van der Waals surface area contributed by atoms with Crippen LogP contribution in [0.5, 0.6) is 0 Å². The average molecular weight is 467 g/mol. The van der Waals surface area contributed by atoms with E-state index in [1.54, 1.807) is 22.5 Å². The summed E-state index contributed by atoms with van der Waals surface area (Å²) in [5, 5.41) is 0.682. The van der Waals surface area contributed by atoms with Crippen LogP contribution in [0, 0.1) is 0 Å². The number of fused-ring (bicyclic) bond motifs is 1. The Morgan fingerprint density at radius 3 is 2.15 bits per heavy atom. The molecule has 2 heterocycles. The van der Waals surface area contributed by atoms with Gasteiger partial charge in [0.15, 0.2) is 5.13 Å². The molecule has 5 rings (SSSR count). The predicted octanol–water partition coefficient (Wildman–Crippen LogP) is 7.38. The summed E-state index contributed by atoms with van der Waals surface area (Å²) in [6.45, 7) is 4.65. The molecule has 3 aromatic carbocycles. The number of furan rings is 1. The number of para-hydroxylation sites is 1. The van der Waals surface area contributed by atoms with Gasteiger partial charge in [-0.2, -0.15) is 0 Å². The molecule has 4 nitrogen and oxygen atoms in total. The molecule has 2 aromatic heterocycles. The van der Waals surface area contributed by atoms with Crippen molar-refractivity contribution in [2.75, 3.05) is 4.90 Å². The number of benzene rings is 3. The fourth-order valence-corrected chi connectivity index (χ4v) is 5.27. The van der Waals surface area contributed by atoms with Crippen molar-refractivity contribution in [3.8, 4) is 0 Å². The molecule has 0 spiro atoms. The molecule has 34 heavy (non-hydrogen) atoms. The number of thiazole rings is 1. The molecule has 0 aliphatic rings. The van der Waals surface area contributed by atoms with Gasteiger partial charge in [-0.05, 0) is 40.8 Å². The molecule has 170 valence electrons. The minimum absolute atomic E-state index is 0.0287. The Bertz CT molecular complexity index is 1340. The Morgan fingerprint density at radius 1 is 0.882 bits per heavy atom. The molecule has 5 heteroatoms. The number of nitrogens with zero attached hydrogens (tertiary/aromatic N) is 2. The summed E-state index contributed by atoms with van der Waals surface area (Å²) in [6.07, 6.45) is 1.64. The third kappa shape index (κ3) is 4.39. The molecular weight excluding hydrogens is 440 g/mol. The first kappa shape index (κ1) is 22.1. The van der Waals surface area contributed by atoms with E-state index in [2.05, 4.69) is 32.0 Å². The fourth-order valence-electron chi connectivity index (χ4n) is 4.26. The van der Waals surface area contributed by atoms with Crippen LogP contribution in [0.1, 0.15) is 48.1 Å². The lowest BCUT2D eigenvalue weighted by molar-refractivity contribution is -0.119. The van der Waals surface area contributed by atoms with Crippen LogP contribution < -0.4 is 4.90 Å². The van der Waals surface area contributed by atoms with Gasteiger partial charge in [-0.25, -0.2) is 4.98 Å². The van der Waals surface area contributed by atoms with Gasteiger partial charge in [0.1, 0.15) is 5.76 Å². The molecule has 0 aliphatic carbocycles. The van der Waals surface area contributed by atoms with Crippen LogP contribution in [0.2, 0.25) is 0 Å². The highest BCUT2D eigenvalue weighted by Gasteiger charge is 2.31. The van der Waals surface area contributed by atoms with Crippen LogP contribution >= 0.6 is 11.3 Å². The van der Waals surface area contributed by atoms with Crippen molar-refractivity contribution in [2.24, 2.45) is 0 Å². The predicted molar refractivity (Wildman–Crippen MR) is 138 cm³/mol. The van der Waals surface area contributed by atoms with Gasteiger partial charge in [0.2, 0.25) is 5.91 Å². The van der Waals surface area contributed by atoms with E-state index in [1.807, 2.05) is 72.8 Å². The van der Waals surface area contributed by atoms with Gasteiger partial charge in [-0.3, -0.25) is 9.69 Å². The molecule has 0 saturated heterocycles. The highest BCUT2D eigenvalue weighted by Crippen LogP contribution is 2.37. The van der Waals surface area contributed by atoms with Gasteiger partial charge in [-0.1, -0.05) is 98.0 Å². The first-order valence-corrected chi connectivity index (χ1v) is 12.3. The zero-order valence-electron chi connectivity index (χ0n) is 19.2. The van der Waals surface area contributed by atoms with Crippen molar-refractivity contribution in [3.63, 3.8) is 0 Å². The van der Waals surface area contributed by atoms with E-state index in [0.717, 1.165) is 27.1 Å². The lowest BCUT2D eigenvalue weighted by Crippen LogP contribution is -2.35. The van der Waals surface area contributed by atoms with E-state index in [-0.39, 0.29) is 5.91 Å². The molecule has 0 N–H and O–H groups in total. The lowest BCUT2D eigenvalue weighted by Gasteiger charge is -2.25. The average Bonchev–Trinajstić information content (AvgIpc) is 3.53. The van der Waals surface area contributed by atoms with Gasteiger partial charge >= 0.3 is 0 Å². The zero-order chi connectivity index (χ0) is 23.5. The summed E-state index contributed by atoms with van der Waals surface area (Å²) in [4.78, 5) is 21.1. The van der Waals surface area contributed by atoms with E-state index in [1.165, 1.54) is 5.56 Å². The minimum atomic E-state index is -0.450. The second-order valence-electron chi connectivity index (χ2n) is 8.60. The molecule has 0 radical (unpaired) electrons. The molecule has 0 saturated carbocycles. The molecule has 0 fully saturated rings. The molecule has 1 amide bonds. The van der Waals surface area contributed by atoms with Crippen LogP contribution in [0.3, 0.4) is 0 Å². The van der Waals surface area contributed by atoms with E-state index >= 15 is 0 Å². The molecule has 0 atom stereocenters. The Kier molecular flexibility index (Phi) is 6.28. The van der Waals surface area contributed by atoms with Crippen molar-refractivity contribution in [1.82, 2.24) is 4.98 Å². The number of carbonyl (C=O) groups excluding carboxylic acids is 1. The maximum Gasteiger partial charge on any atom is 0.241 e. The number of hydrogen-bond acceptors (Lipinski definition) is 4.